The van der Waals surface area contributed by atoms with Crippen molar-refractivity contribution in [1.29, 1.82) is 0 Å². The molecule has 1 amide bonds. The molecule has 1 aliphatic carbocycles. The highest BCUT2D eigenvalue weighted by molar-refractivity contribution is 6.30. The van der Waals surface area contributed by atoms with E-state index in [4.69, 9.17) is 11.6 Å². The van der Waals surface area contributed by atoms with Gasteiger partial charge in [0.2, 0.25) is 0 Å². The second kappa shape index (κ2) is 7.46. The molecule has 0 saturated heterocycles. The Morgan fingerprint density at radius 3 is 2.50 bits per heavy atom. The van der Waals surface area contributed by atoms with Crippen LogP contribution in [0.2, 0.25) is 5.02 Å². The Labute approximate surface area is 156 Å². The largest absolute Gasteiger partial charge is 0.345 e. The van der Waals surface area contributed by atoms with Crippen molar-refractivity contribution in [1.82, 2.24) is 10.3 Å². The second-order valence-electron chi connectivity index (χ2n) is 6.93. The molecule has 3 rings (SSSR count). The van der Waals surface area contributed by atoms with Gasteiger partial charge < -0.3 is 10.3 Å². The van der Waals surface area contributed by atoms with Crippen LogP contribution < -0.4 is 10.9 Å². The SMILES string of the molecule is CC(C)[C@H](NC(=O)c1cc2c([nH]c1=O)CCCC2=O)c1ccc(Cl)cc1. The minimum Gasteiger partial charge on any atom is -0.345 e. The first kappa shape index (κ1) is 18.4. The summed E-state index contributed by atoms with van der Waals surface area (Å²) in [4.78, 5) is 39.9. The van der Waals surface area contributed by atoms with Crippen LogP contribution in [-0.2, 0) is 6.42 Å². The zero-order valence-electron chi connectivity index (χ0n) is 14.8. The smallest absolute Gasteiger partial charge is 0.261 e. The molecular formula is C20H21ClN2O3. The van der Waals surface area contributed by atoms with E-state index < -0.39 is 11.5 Å². The lowest BCUT2D eigenvalue weighted by Crippen LogP contribution is -2.36. The molecule has 0 spiro atoms. The van der Waals surface area contributed by atoms with Gasteiger partial charge in [-0.05, 0) is 42.5 Å². The molecule has 0 fully saturated rings. The number of carbonyl (C=O) groups excluding carboxylic acids is 2. The summed E-state index contributed by atoms with van der Waals surface area (Å²) in [5.41, 5.74) is 1.49. The van der Waals surface area contributed by atoms with E-state index in [0.29, 0.717) is 29.1 Å². The van der Waals surface area contributed by atoms with Crippen LogP contribution in [0.15, 0.2) is 35.1 Å². The minimum atomic E-state index is -0.485. The van der Waals surface area contributed by atoms with Gasteiger partial charge in [-0.25, -0.2) is 0 Å². The highest BCUT2D eigenvalue weighted by atomic mass is 35.5. The molecule has 0 unspecified atom stereocenters. The number of H-pyrrole nitrogens is 1. The third kappa shape index (κ3) is 3.73. The first-order chi connectivity index (χ1) is 12.4. The number of pyridine rings is 1. The zero-order valence-corrected chi connectivity index (χ0v) is 15.5. The van der Waals surface area contributed by atoms with Crippen LogP contribution in [0.25, 0.3) is 0 Å². The molecule has 1 aromatic heterocycles. The number of aryl methyl sites for hydroxylation is 1. The molecule has 2 aromatic rings. The minimum absolute atomic E-state index is 0.0291. The Bertz CT molecular complexity index is 900. The maximum atomic E-state index is 12.7. The van der Waals surface area contributed by atoms with Gasteiger partial charge in [0.25, 0.3) is 11.5 Å². The molecule has 1 heterocycles. The third-order valence-corrected chi connectivity index (χ3v) is 4.93. The van der Waals surface area contributed by atoms with E-state index in [1.807, 2.05) is 26.0 Å². The number of aromatic nitrogens is 1. The first-order valence-corrected chi connectivity index (χ1v) is 9.10. The number of ketones is 1. The van der Waals surface area contributed by atoms with Crippen molar-refractivity contribution < 1.29 is 9.59 Å². The van der Waals surface area contributed by atoms with E-state index in [1.54, 1.807) is 12.1 Å². The summed E-state index contributed by atoms with van der Waals surface area (Å²) in [7, 11) is 0. The normalized spacial score (nSPS) is 14.8. The summed E-state index contributed by atoms with van der Waals surface area (Å²) >= 11 is 5.93. The number of fused-ring (bicyclic) bond motifs is 1. The third-order valence-electron chi connectivity index (χ3n) is 4.68. The topological polar surface area (TPSA) is 79.0 Å². The van der Waals surface area contributed by atoms with Gasteiger partial charge in [-0.3, -0.25) is 14.4 Å². The molecule has 26 heavy (non-hydrogen) atoms. The van der Waals surface area contributed by atoms with Gasteiger partial charge in [-0.15, -0.1) is 0 Å². The van der Waals surface area contributed by atoms with Crippen molar-refractivity contribution in [3.63, 3.8) is 0 Å². The van der Waals surface area contributed by atoms with Gasteiger partial charge in [0.15, 0.2) is 5.78 Å². The summed E-state index contributed by atoms with van der Waals surface area (Å²) < 4.78 is 0. The van der Waals surface area contributed by atoms with Gasteiger partial charge in [0.1, 0.15) is 5.56 Å². The fourth-order valence-electron chi connectivity index (χ4n) is 3.27. The number of benzene rings is 1. The average molecular weight is 373 g/mol. The van der Waals surface area contributed by atoms with Crippen molar-refractivity contribution in [2.24, 2.45) is 5.92 Å². The van der Waals surface area contributed by atoms with E-state index >= 15 is 0 Å². The highest BCUT2D eigenvalue weighted by Crippen LogP contribution is 2.24. The lowest BCUT2D eigenvalue weighted by molar-refractivity contribution is 0.0924. The summed E-state index contributed by atoms with van der Waals surface area (Å²) in [6, 6.07) is 8.41. The van der Waals surface area contributed by atoms with E-state index in [2.05, 4.69) is 10.3 Å². The summed E-state index contributed by atoms with van der Waals surface area (Å²) in [5, 5.41) is 3.54. The molecule has 136 valence electrons. The maximum Gasteiger partial charge on any atom is 0.261 e. The fraction of sp³-hybridized carbons (Fsp3) is 0.350. The predicted octanol–water partition coefficient (Wildman–Crippen LogP) is 3.67. The Morgan fingerprint density at radius 2 is 1.85 bits per heavy atom. The number of amides is 1. The number of halogens is 1. The van der Waals surface area contributed by atoms with Gasteiger partial charge in [-0.2, -0.15) is 0 Å². The number of hydrogen-bond donors (Lipinski definition) is 2. The standard InChI is InChI=1S/C20H21ClN2O3/c1-11(2)18(12-6-8-13(21)9-7-12)23-20(26)15-10-14-16(22-19(15)25)4-3-5-17(14)24/h6-11,18H,3-5H2,1-2H3,(H,22,25)(H,23,26)/t18-/m0/s1. The van der Waals surface area contributed by atoms with Crippen LogP contribution in [0.4, 0.5) is 0 Å². The number of aromatic amines is 1. The van der Waals surface area contributed by atoms with Crippen LogP contribution in [0.1, 0.15) is 64.7 Å². The van der Waals surface area contributed by atoms with Gasteiger partial charge in [-0.1, -0.05) is 37.6 Å². The molecule has 0 aliphatic heterocycles. The van der Waals surface area contributed by atoms with Crippen molar-refractivity contribution in [3.8, 4) is 0 Å². The second-order valence-corrected chi connectivity index (χ2v) is 7.36. The Morgan fingerprint density at radius 1 is 1.15 bits per heavy atom. The molecule has 0 radical (unpaired) electrons. The maximum absolute atomic E-state index is 12.7. The van der Waals surface area contributed by atoms with Crippen LogP contribution >= 0.6 is 11.6 Å². The molecular weight excluding hydrogens is 352 g/mol. The molecule has 1 aromatic carbocycles. The molecule has 1 aliphatic rings. The van der Waals surface area contributed by atoms with Crippen LogP contribution in [0.5, 0.6) is 0 Å². The average Bonchev–Trinajstić information content (AvgIpc) is 2.60. The van der Waals surface area contributed by atoms with Crippen LogP contribution in [-0.4, -0.2) is 16.7 Å². The molecule has 1 atom stereocenters. The van der Waals surface area contributed by atoms with E-state index in [1.165, 1.54) is 6.07 Å². The number of carbonyl (C=O) groups is 2. The lowest BCUT2D eigenvalue weighted by atomic mass is 9.93. The van der Waals surface area contributed by atoms with Gasteiger partial charge in [0.05, 0.1) is 6.04 Å². The van der Waals surface area contributed by atoms with E-state index in [9.17, 15) is 14.4 Å². The van der Waals surface area contributed by atoms with Crippen LogP contribution in [0, 0.1) is 5.92 Å². The van der Waals surface area contributed by atoms with Crippen molar-refractivity contribution in [2.75, 3.05) is 0 Å². The number of hydrogen-bond acceptors (Lipinski definition) is 3. The Kier molecular flexibility index (Phi) is 5.28. The van der Waals surface area contributed by atoms with Crippen molar-refractivity contribution in [2.45, 2.75) is 39.2 Å². The Balaban J connectivity index is 1.91. The highest BCUT2D eigenvalue weighted by Gasteiger charge is 2.24. The van der Waals surface area contributed by atoms with Crippen molar-refractivity contribution in [3.05, 3.63) is 68.1 Å². The number of Topliss-reactive ketones (excluding diaryl/α,β-unsaturated/α-hetero) is 1. The predicted molar refractivity (Wildman–Crippen MR) is 101 cm³/mol. The van der Waals surface area contributed by atoms with E-state index in [-0.39, 0.29) is 23.3 Å². The van der Waals surface area contributed by atoms with Crippen molar-refractivity contribution >= 4 is 23.3 Å². The zero-order chi connectivity index (χ0) is 18.8. The molecule has 0 bridgehead atoms. The molecule has 5 nitrogen and oxygen atoms in total. The summed E-state index contributed by atoms with van der Waals surface area (Å²) in [6.07, 6.45) is 1.82. The van der Waals surface area contributed by atoms with Gasteiger partial charge >= 0.3 is 0 Å². The first-order valence-electron chi connectivity index (χ1n) is 8.72. The lowest BCUT2D eigenvalue weighted by Gasteiger charge is -2.23. The van der Waals surface area contributed by atoms with E-state index in [0.717, 1.165) is 12.0 Å². The van der Waals surface area contributed by atoms with Crippen LogP contribution in [0.3, 0.4) is 0 Å². The number of rotatable bonds is 4. The molecule has 0 saturated carbocycles. The summed E-state index contributed by atoms with van der Waals surface area (Å²) in [5.74, 6) is -0.408. The number of nitrogens with one attached hydrogen (secondary N) is 2. The summed E-state index contributed by atoms with van der Waals surface area (Å²) in [6.45, 7) is 3.97. The Hall–Kier alpha value is -2.40. The fourth-order valence-corrected chi connectivity index (χ4v) is 3.39. The monoisotopic (exact) mass is 372 g/mol. The quantitative estimate of drug-likeness (QED) is 0.859. The molecule has 6 heteroatoms. The van der Waals surface area contributed by atoms with Gasteiger partial charge in [0, 0.05) is 22.7 Å². The molecule has 2 N–H and O–H groups in total.